The van der Waals surface area contributed by atoms with Gasteiger partial charge in [-0.2, -0.15) is 0 Å². The van der Waals surface area contributed by atoms with Gasteiger partial charge in [0.15, 0.2) is 0 Å². The molecule has 0 spiro atoms. The lowest BCUT2D eigenvalue weighted by molar-refractivity contribution is 0.0703. The first kappa shape index (κ1) is 18.1. The minimum absolute atomic E-state index is 0.321. The molecular formula is C17H19Cl2NO2S. The van der Waals surface area contributed by atoms with Crippen molar-refractivity contribution in [1.29, 1.82) is 0 Å². The first-order valence-corrected chi connectivity index (χ1v) is 9.22. The van der Waals surface area contributed by atoms with Gasteiger partial charge in [-0.05, 0) is 24.1 Å². The number of carbonyl (C=O) groups is 1. The Kier molecular flexibility index (Phi) is 6.75. The summed E-state index contributed by atoms with van der Waals surface area (Å²) in [6.45, 7) is 2.92. The monoisotopic (exact) mass is 371 g/mol. The summed E-state index contributed by atoms with van der Waals surface area (Å²) in [4.78, 5) is 11.8. The van der Waals surface area contributed by atoms with E-state index in [0.29, 0.717) is 20.6 Å². The molecule has 0 aliphatic rings. The molecule has 3 nitrogen and oxygen atoms in total. The third-order valence-corrected chi connectivity index (χ3v) is 5.26. The van der Waals surface area contributed by atoms with Gasteiger partial charge in [0, 0.05) is 17.5 Å². The van der Waals surface area contributed by atoms with Gasteiger partial charge in [0.05, 0.1) is 15.7 Å². The van der Waals surface area contributed by atoms with E-state index in [0.717, 1.165) is 30.5 Å². The zero-order valence-electron chi connectivity index (χ0n) is 12.9. The number of thiophene rings is 1. The fraction of sp³-hybridized carbons (Fsp3) is 0.353. The van der Waals surface area contributed by atoms with Crippen LogP contribution < -0.4 is 5.32 Å². The Morgan fingerprint density at radius 3 is 2.65 bits per heavy atom. The summed E-state index contributed by atoms with van der Waals surface area (Å²) in [5.41, 5.74) is 2.37. The quantitative estimate of drug-likeness (QED) is 0.526. The molecule has 6 heteroatoms. The van der Waals surface area contributed by atoms with E-state index in [2.05, 4.69) is 12.2 Å². The van der Waals surface area contributed by atoms with Gasteiger partial charge in [-0.3, -0.25) is 0 Å². The molecule has 0 saturated heterocycles. The molecule has 124 valence electrons. The average molecular weight is 372 g/mol. The van der Waals surface area contributed by atoms with Crippen molar-refractivity contribution in [3.8, 4) is 11.1 Å². The third-order valence-electron chi connectivity index (χ3n) is 3.55. The van der Waals surface area contributed by atoms with Crippen LogP contribution in [0.3, 0.4) is 0 Å². The van der Waals surface area contributed by atoms with Crippen LogP contribution in [0.2, 0.25) is 10.0 Å². The van der Waals surface area contributed by atoms with Gasteiger partial charge in [-0.25, -0.2) is 4.79 Å². The summed E-state index contributed by atoms with van der Waals surface area (Å²) < 4.78 is 0. The van der Waals surface area contributed by atoms with Crippen LogP contribution in [0.25, 0.3) is 11.1 Å². The van der Waals surface area contributed by atoms with Crippen LogP contribution in [0.15, 0.2) is 23.6 Å². The second kappa shape index (κ2) is 8.57. The first-order chi connectivity index (χ1) is 11.0. The normalized spacial score (nSPS) is 10.7. The molecule has 0 atom stereocenters. The van der Waals surface area contributed by atoms with E-state index < -0.39 is 5.97 Å². The zero-order valence-corrected chi connectivity index (χ0v) is 15.2. The average Bonchev–Trinajstić information content (AvgIpc) is 2.94. The summed E-state index contributed by atoms with van der Waals surface area (Å²) >= 11 is 13.3. The molecule has 1 heterocycles. The maximum Gasteiger partial charge on any atom is 0.348 e. The van der Waals surface area contributed by atoms with Gasteiger partial charge in [0.2, 0.25) is 0 Å². The predicted octanol–water partition coefficient (Wildman–Crippen LogP) is 6.41. The minimum Gasteiger partial charge on any atom is -0.477 e. The lowest BCUT2D eigenvalue weighted by Crippen LogP contribution is -2.06. The molecule has 2 aromatic rings. The lowest BCUT2D eigenvalue weighted by atomic mass is 10.1. The van der Waals surface area contributed by atoms with Crippen LogP contribution in [0, 0.1) is 0 Å². The Labute approximate surface area is 150 Å². The minimum atomic E-state index is -0.919. The van der Waals surface area contributed by atoms with E-state index in [1.165, 1.54) is 24.2 Å². The van der Waals surface area contributed by atoms with E-state index in [9.17, 15) is 9.90 Å². The molecule has 0 aliphatic carbocycles. The number of unbranched alkanes of at least 4 members (excludes halogenated alkanes) is 3. The van der Waals surface area contributed by atoms with Crippen LogP contribution in [-0.2, 0) is 0 Å². The first-order valence-electron chi connectivity index (χ1n) is 7.58. The molecule has 0 unspecified atom stereocenters. The molecule has 0 bridgehead atoms. The van der Waals surface area contributed by atoms with Gasteiger partial charge < -0.3 is 10.4 Å². The molecule has 1 aromatic heterocycles. The maximum atomic E-state index is 11.4. The van der Waals surface area contributed by atoms with Crippen molar-refractivity contribution in [2.24, 2.45) is 0 Å². The molecule has 0 fully saturated rings. The van der Waals surface area contributed by atoms with Crippen molar-refractivity contribution in [3.05, 3.63) is 38.5 Å². The largest absolute Gasteiger partial charge is 0.477 e. The number of benzene rings is 1. The van der Waals surface area contributed by atoms with Crippen molar-refractivity contribution >= 4 is 46.2 Å². The van der Waals surface area contributed by atoms with Gasteiger partial charge in [-0.1, -0.05) is 55.5 Å². The topological polar surface area (TPSA) is 49.3 Å². The molecule has 1 aromatic carbocycles. The Hall–Kier alpha value is -1.23. The number of carboxylic acids is 1. The van der Waals surface area contributed by atoms with Gasteiger partial charge in [0.1, 0.15) is 4.88 Å². The smallest absolute Gasteiger partial charge is 0.348 e. The fourth-order valence-electron chi connectivity index (χ4n) is 2.33. The summed E-state index contributed by atoms with van der Waals surface area (Å²) in [5.74, 6) is -0.919. The third kappa shape index (κ3) is 4.63. The highest BCUT2D eigenvalue weighted by Crippen LogP contribution is 2.38. The summed E-state index contributed by atoms with van der Waals surface area (Å²) in [6, 6.07) is 5.34. The van der Waals surface area contributed by atoms with Crippen molar-refractivity contribution in [2.75, 3.05) is 11.9 Å². The standard InChI is InChI=1S/C17H19Cl2NO2S/c1-2-3-4-5-8-20-15-12(10-23-16(15)17(21)22)11-6-7-13(18)14(19)9-11/h6-7,9-10,20H,2-5,8H2,1H3,(H,21,22). The van der Waals surface area contributed by atoms with Crippen LogP contribution in [0.1, 0.15) is 42.3 Å². The Morgan fingerprint density at radius 2 is 2.00 bits per heavy atom. The molecule has 2 rings (SSSR count). The van der Waals surface area contributed by atoms with Crippen LogP contribution in [0.5, 0.6) is 0 Å². The summed E-state index contributed by atoms with van der Waals surface area (Å²) in [7, 11) is 0. The SMILES string of the molecule is CCCCCCNc1c(-c2ccc(Cl)c(Cl)c2)csc1C(=O)O. The second-order valence-electron chi connectivity index (χ2n) is 5.27. The number of hydrogen-bond acceptors (Lipinski definition) is 3. The number of halogens is 2. The molecule has 23 heavy (non-hydrogen) atoms. The Balaban J connectivity index is 2.25. The summed E-state index contributed by atoms with van der Waals surface area (Å²) in [5, 5.41) is 15.5. The number of anilines is 1. The molecule has 2 N–H and O–H groups in total. The number of aromatic carboxylic acids is 1. The highest BCUT2D eigenvalue weighted by atomic mass is 35.5. The van der Waals surface area contributed by atoms with Gasteiger partial charge in [-0.15, -0.1) is 11.3 Å². The molecule has 0 amide bonds. The van der Waals surface area contributed by atoms with E-state index in [-0.39, 0.29) is 0 Å². The number of hydrogen-bond donors (Lipinski definition) is 2. The Bertz CT molecular complexity index is 685. The van der Waals surface area contributed by atoms with E-state index in [4.69, 9.17) is 23.2 Å². The molecule has 0 radical (unpaired) electrons. The molecular weight excluding hydrogens is 353 g/mol. The second-order valence-corrected chi connectivity index (χ2v) is 6.97. The number of rotatable bonds is 8. The van der Waals surface area contributed by atoms with Gasteiger partial charge in [0.25, 0.3) is 0 Å². The van der Waals surface area contributed by atoms with Crippen molar-refractivity contribution < 1.29 is 9.90 Å². The van der Waals surface area contributed by atoms with E-state index >= 15 is 0 Å². The number of carboxylic acid groups (broad SMARTS) is 1. The summed E-state index contributed by atoms with van der Waals surface area (Å²) in [6.07, 6.45) is 4.52. The van der Waals surface area contributed by atoms with Crippen molar-refractivity contribution in [3.63, 3.8) is 0 Å². The lowest BCUT2D eigenvalue weighted by Gasteiger charge is -2.10. The van der Waals surface area contributed by atoms with E-state index in [1.807, 2.05) is 11.4 Å². The van der Waals surface area contributed by atoms with E-state index in [1.54, 1.807) is 12.1 Å². The molecule has 0 saturated carbocycles. The highest BCUT2D eigenvalue weighted by Gasteiger charge is 2.18. The fourth-order valence-corrected chi connectivity index (χ4v) is 3.52. The molecule has 0 aliphatic heterocycles. The highest BCUT2D eigenvalue weighted by molar-refractivity contribution is 7.13. The zero-order chi connectivity index (χ0) is 16.8. The maximum absolute atomic E-state index is 11.4. The van der Waals surface area contributed by atoms with Crippen LogP contribution in [0.4, 0.5) is 5.69 Å². The van der Waals surface area contributed by atoms with Crippen molar-refractivity contribution in [1.82, 2.24) is 0 Å². The van der Waals surface area contributed by atoms with Crippen LogP contribution >= 0.6 is 34.5 Å². The Morgan fingerprint density at radius 1 is 1.22 bits per heavy atom. The van der Waals surface area contributed by atoms with Gasteiger partial charge >= 0.3 is 5.97 Å². The van der Waals surface area contributed by atoms with Crippen LogP contribution in [-0.4, -0.2) is 17.6 Å². The predicted molar refractivity (Wildman–Crippen MR) is 99.4 cm³/mol. The van der Waals surface area contributed by atoms with Crippen molar-refractivity contribution in [2.45, 2.75) is 32.6 Å². The number of nitrogens with one attached hydrogen (secondary N) is 1.